The van der Waals surface area contributed by atoms with Crippen LogP contribution in [0.1, 0.15) is 68.2 Å². The first kappa shape index (κ1) is 15.6. The number of aromatic hydroxyl groups is 1. The van der Waals surface area contributed by atoms with E-state index in [4.69, 9.17) is 0 Å². The lowest BCUT2D eigenvalue weighted by molar-refractivity contribution is 0.446. The van der Waals surface area contributed by atoms with Crippen molar-refractivity contribution in [1.82, 2.24) is 0 Å². The molecular formula is C28H20O. The van der Waals surface area contributed by atoms with Crippen molar-refractivity contribution < 1.29 is 5.11 Å². The lowest BCUT2D eigenvalue weighted by Gasteiger charge is -2.50. The minimum absolute atomic E-state index is 0.127. The average Bonchev–Trinajstić information content (AvgIpc) is 2.75. The zero-order chi connectivity index (χ0) is 19.1. The van der Waals surface area contributed by atoms with Gasteiger partial charge in [0.05, 0.1) is 0 Å². The molecule has 1 nitrogen and oxygen atoms in total. The van der Waals surface area contributed by atoms with Gasteiger partial charge < -0.3 is 5.11 Å². The topological polar surface area (TPSA) is 20.2 Å². The third kappa shape index (κ3) is 1.81. The zero-order valence-corrected chi connectivity index (χ0v) is 15.9. The molecule has 138 valence electrons. The molecule has 1 heteroatoms. The van der Waals surface area contributed by atoms with E-state index in [-0.39, 0.29) is 23.7 Å². The zero-order valence-electron chi connectivity index (χ0n) is 15.9. The van der Waals surface area contributed by atoms with Crippen molar-refractivity contribution in [1.29, 1.82) is 0 Å². The fourth-order valence-corrected chi connectivity index (χ4v) is 6.49. The maximum Gasteiger partial charge on any atom is 0.119 e. The van der Waals surface area contributed by atoms with Crippen LogP contribution in [0.3, 0.4) is 0 Å². The molecule has 0 aromatic heterocycles. The smallest absolute Gasteiger partial charge is 0.119 e. The fraction of sp³-hybridized carbons (Fsp3) is 0.143. The number of hydrogen-bond acceptors (Lipinski definition) is 1. The average molecular weight is 372 g/mol. The van der Waals surface area contributed by atoms with E-state index in [1.165, 1.54) is 38.9 Å². The summed E-state index contributed by atoms with van der Waals surface area (Å²) in [7, 11) is 0. The van der Waals surface area contributed by atoms with E-state index in [1.807, 2.05) is 12.1 Å². The van der Waals surface area contributed by atoms with Crippen LogP contribution in [-0.4, -0.2) is 5.11 Å². The molecule has 2 unspecified atom stereocenters. The van der Waals surface area contributed by atoms with Crippen molar-refractivity contribution in [2.45, 2.75) is 23.7 Å². The van der Waals surface area contributed by atoms with E-state index in [0.717, 1.165) is 5.56 Å². The van der Waals surface area contributed by atoms with Crippen LogP contribution in [0.25, 0.3) is 0 Å². The molecule has 2 atom stereocenters. The van der Waals surface area contributed by atoms with Gasteiger partial charge in [0, 0.05) is 29.2 Å². The third-order valence-corrected chi connectivity index (χ3v) is 7.43. The lowest BCUT2D eigenvalue weighted by Crippen LogP contribution is -2.35. The molecule has 29 heavy (non-hydrogen) atoms. The molecule has 0 radical (unpaired) electrons. The molecule has 6 aliphatic rings. The minimum atomic E-state index is 0.127. The van der Waals surface area contributed by atoms with Gasteiger partial charge in [-0.3, -0.25) is 0 Å². The van der Waals surface area contributed by atoms with Crippen LogP contribution in [0.5, 0.6) is 5.75 Å². The third-order valence-electron chi connectivity index (χ3n) is 7.43. The highest BCUT2D eigenvalue weighted by Gasteiger charge is 2.50. The normalized spacial score (nSPS) is 24.7. The molecule has 0 fully saturated rings. The van der Waals surface area contributed by atoms with Crippen molar-refractivity contribution >= 4 is 0 Å². The molecule has 0 amide bonds. The quantitative estimate of drug-likeness (QED) is 0.386. The van der Waals surface area contributed by atoms with E-state index in [9.17, 15) is 5.11 Å². The first-order valence-electron chi connectivity index (χ1n) is 10.4. The summed E-state index contributed by atoms with van der Waals surface area (Å²) in [5, 5.41) is 11.0. The van der Waals surface area contributed by atoms with E-state index in [2.05, 4.69) is 78.9 Å². The second-order valence-electron chi connectivity index (χ2n) is 8.58. The first-order valence-corrected chi connectivity index (χ1v) is 10.4. The summed E-state index contributed by atoms with van der Waals surface area (Å²) in [5.74, 6) is 1.26. The number of hydrogen-bond donors (Lipinski definition) is 1. The van der Waals surface area contributed by atoms with Crippen LogP contribution in [0, 0.1) is 0 Å². The number of phenolic OH excluding ortho intramolecular Hbond substituents is 1. The molecule has 0 saturated heterocycles. The Balaban J connectivity index is 1.70. The molecule has 6 aliphatic carbocycles. The van der Waals surface area contributed by atoms with Crippen molar-refractivity contribution in [2.24, 2.45) is 0 Å². The highest BCUT2D eigenvalue weighted by atomic mass is 16.3. The Hall–Kier alpha value is -3.32. The molecule has 0 aliphatic heterocycles. The molecular weight excluding hydrogens is 352 g/mol. The highest BCUT2D eigenvalue weighted by molar-refractivity contribution is 5.69. The lowest BCUT2D eigenvalue weighted by atomic mass is 9.53. The van der Waals surface area contributed by atoms with Crippen molar-refractivity contribution in [2.75, 3.05) is 0 Å². The minimum Gasteiger partial charge on any atom is -0.508 e. The standard InChI is InChI=1S/C28H20O/c29-23-15-7-14-22-26-20-12-5-6-13-21(20)28(27(22)23)25-18-10-3-1-8-16(18)24(26)17-9-2-4-11-19(17)25/h1-15,24-26,28-29H. The summed E-state index contributed by atoms with van der Waals surface area (Å²) < 4.78 is 0. The fourth-order valence-electron chi connectivity index (χ4n) is 6.49. The molecule has 4 aromatic rings. The van der Waals surface area contributed by atoms with Gasteiger partial charge in [-0.05, 0) is 45.0 Å². The Morgan fingerprint density at radius 2 is 0.724 bits per heavy atom. The van der Waals surface area contributed by atoms with Gasteiger partial charge in [-0.2, -0.15) is 0 Å². The van der Waals surface area contributed by atoms with E-state index in [1.54, 1.807) is 0 Å². The Morgan fingerprint density at radius 3 is 1.21 bits per heavy atom. The summed E-state index contributed by atoms with van der Waals surface area (Å²) in [5.41, 5.74) is 11.0. The Bertz CT molecular complexity index is 1250. The molecule has 10 rings (SSSR count). The van der Waals surface area contributed by atoms with Gasteiger partial charge in [-0.15, -0.1) is 0 Å². The Kier molecular flexibility index (Phi) is 2.90. The summed E-state index contributed by atoms with van der Waals surface area (Å²) in [6, 6.07) is 33.0. The molecule has 4 bridgehead atoms. The summed E-state index contributed by atoms with van der Waals surface area (Å²) in [6.45, 7) is 0. The van der Waals surface area contributed by atoms with Crippen LogP contribution >= 0.6 is 0 Å². The maximum atomic E-state index is 11.0. The van der Waals surface area contributed by atoms with E-state index >= 15 is 0 Å². The maximum absolute atomic E-state index is 11.0. The monoisotopic (exact) mass is 372 g/mol. The predicted octanol–water partition coefficient (Wildman–Crippen LogP) is 6.26. The van der Waals surface area contributed by atoms with Crippen molar-refractivity contribution in [3.8, 4) is 5.75 Å². The van der Waals surface area contributed by atoms with Gasteiger partial charge in [0.1, 0.15) is 5.75 Å². The van der Waals surface area contributed by atoms with E-state index < -0.39 is 0 Å². The van der Waals surface area contributed by atoms with Crippen LogP contribution in [0.4, 0.5) is 0 Å². The summed E-state index contributed by atoms with van der Waals surface area (Å²) in [4.78, 5) is 0. The van der Waals surface area contributed by atoms with Gasteiger partial charge in [0.25, 0.3) is 0 Å². The first-order chi connectivity index (χ1) is 14.3. The van der Waals surface area contributed by atoms with Gasteiger partial charge in [0.2, 0.25) is 0 Å². The van der Waals surface area contributed by atoms with Gasteiger partial charge >= 0.3 is 0 Å². The van der Waals surface area contributed by atoms with Crippen LogP contribution < -0.4 is 0 Å². The number of rotatable bonds is 0. The molecule has 0 spiro atoms. The largest absolute Gasteiger partial charge is 0.508 e. The number of benzene rings is 4. The predicted molar refractivity (Wildman–Crippen MR) is 115 cm³/mol. The summed E-state index contributed by atoms with van der Waals surface area (Å²) in [6.07, 6.45) is 0. The van der Waals surface area contributed by atoms with Gasteiger partial charge in [-0.25, -0.2) is 0 Å². The second kappa shape index (κ2) is 5.39. The van der Waals surface area contributed by atoms with Gasteiger partial charge in [-0.1, -0.05) is 84.9 Å². The molecule has 1 N–H and O–H groups in total. The SMILES string of the molecule is Oc1cccc2c1C1c3ccccc3C2C2c3ccccc3C1c1ccccc12. The molecule has 0 saturated carbocycles. The van der Waals surface area contributed by atoms with Crippen LogP contribution in [0.2, 0.25) is 0 Å². The Labute approximate surface area is 170 Å². The molecule has 0 heterocycles. The van der Waals surface area contributed by atoms with Crippen molar-refractivity contribution in [3.63, 3.8) is 0 Å². The van der Waals surface area contributed by atoms with E-state index in [0.29, 0.717) is 5.75 Å². The molecule has 4 aromatic carbocycles. The van der Waals surface area contributed by atoms with Crippen molar-refractivity contribution in [3.05, 3.63) is 136 Å². The highest BCUT2D eigenvalue weighted by Crippen LogP contribution is 2.64. The number of phenols is 1. The van der Waals surface area contributed by atoms with Crippen LogP contribution in [0.15, 0.2) is 91.0 Å². The van der Waals surface area contributed by atoms with Gasteiger partial charge in [0.15, 0.2) is 0 Å². The second-order valence-corrected chi connectivity index (χ2v) is 8.58. The van der Waals surface area contributed by atoms with Crippen LogP contribution in [-0.2, 0) is 0 Å². The Morgan fingerprint density at radius 1 is 0.379 bits per heavy atom. The summed E-state index contributed by atoms with van der Waals surface area (Å²) >= 11 is 0.